The van der Waals surface area contributed by atoms with Gasteiger partial charge in [-0.1, -0.05) is 11.6 Å². The lowest BCUT2D eigenvalue weighted by Crippen LogP contribution is -2.39. The Hall–Kier alpha value is -1.59. The van der Waals surface area contributed by atoms with Gasteiger partial charge < -0.3 is 15.2 Å². The average molecular weight is 326 g/mol. The minimum absolute atomic E-state index is 0.0397. The zero-order chi connectivity index (χ0) is 16.1. The first-order valence-corrected chi connectivity index (χ1v) is 7.71. The largest absolute Gasteiger partial charge is 0.481 e. The van der Waals surface area contributed by atoms with Gasteiger partial charge in [0.15, 0.2) is 0 Å². The Labute approximate surface area is 134 Å². The second-order valence-electron chi connectivity index (χ2n) is 5.56. The van der Waals surface area contributed by atoms with Crippen LogP contribution < -0.4 is 5.32 Å². The number of benzene rings is 1. The molecule has 0 radical (unpaired) electrons. The number of rotatable bonds is 5. The molecule has 120 valence electrons. The van der Waals surface area contributed by atoms with Gasteiger partial charge in [0, 0.05) is 30.3 Å². The Kier molecular flexibility index (Phi) is 5.80. The van der Waals surface area contributed by atoms with Crippen molar-refractivity contribution >= 4 is 23.5 Å². The van der Waals surface area contributed by atoms with Crippen molar-refractivity contribution in [2.75, 3.05) is 19.8 Å². The molecule has 1 saturated heterocycles. The zero-order valence-corrected chi connectivity index (χ0v) is 13.2. The summed E-state index contributed by atoms with van der Waals surface area (Å²) in [5, 5.41) is 12.7. The molecule has 2 rings (SSSR count). The average Bonchev–Trinajstić information content (AvgIpc) is 2.48. The van der Waals surface area contributed by atoms with Gasteiger partial charge in [-0.15, -0.1) is 0 Å². The van der Waals surface area contributed by atoms with Crippen LogP contribution in [0.4, 0.5) is 0 Å². The van der Waals surface area contributed by atoms with Gasteiger partial charge in [0.2, 0.25) is 0 Å². The quantitative estimate of drug-likeness (QED) is 0.872. The molecule has 1 aliphatic rings. The van der Waals surface area contributed by atoms with Crippen LogP contribution in [0.25, 0.3) is 0 Å². The van der Waals surface area contributed by atoms with Gasteiger partial charge in [0.05, 0.1) is 5.92 Å². The van der Waals surface area contributed by atoms with Crippen LogP contribution in [0, 0.1) is 18.8 Å². The number of hydrogen-bond donors (Lipinski definition) is 2. The first kappa shape index (κ1) is 16.8. The Morgan fingerprint density at radius 3 is 2.68 bits per heavy atom. The lowest BCUT2D eigenvalue weighted by Gasteiger charge is -2.27. The van der Waals surface area contributed by atoms with Crippen LogP contribution in [-0.2, 0) is 9.53 Å². The van der Waals surface area contributed by atoms with E-state index in [1.54, 1.807) is 25.1 Å². The number of carbonyl (C=O) groups is 2. The third kappa shape index (κ3) is 4.21. The van der Waals surface area contributed by atoms with Gasteiger partial charge in [-0.25, -0.2) is 0 Å². The van der Waals surface area contributed by atoms with Crippen LogP contribution >= 0.6 is 11.6 Å². The highest BCUT2D eigenvalue weighted by molar-refractivity contribution is 6.30. The van der Waals surface area contributed by atoms with Gasteiger partial charge >= 0.3 is 5.97 Å². The van der Waals surface area contributed by atoms with E-state index in [2.05, 4.69) is 5.32 Å². The molecule has 1 aromatic rings. The summed E-state index contributed by atoms with van der Waals surface area (Å²) >= 11 is 5.87. The van der Waals surface area contributed by atoms with Crippen molar-refractivity contribution in [2.24, 2.45) is 11.8 Å². The fourth-order valence-corrected chi connectivity index (χ4v) is 2.98. The fourth-order valence-electron chi connectivity index (χ4n) is 2.75. The number of aryl methyl sites for hydroxylation is 1. The number of aliphatic carboxylic acids is 1. The first-order chi connectivity index (χ1) is 10.5. The molecule has 6 heteroatoms. The summed E-state index contributed by atoms with van der Waals surface area (Å²) in [7, 11) is 0. The van der Waals surface area contributed by atoms with E-state index < -0.39 is 11.9 Å². The SMILES string of the molecule is Cc1cc(Cl)ccc1C(=O)NCC(C(=O)O)C1CCOCC1. The van der Waals surface area contributed by atoms with E-state index in [0.717, 1.165) is 5.56 Å². The Balaban J connectivity index is 1.99. The maximum Gasteiger partial charge on any atom is 0.308 e. The van der Waals surface area contributed by atoms with Crippen molar-refractivity contribution < 1.29 is 19.4 Å². The van der Waals surface area contributed by atoms with Crippen molar-refractivity contribution in [3.63, 3.8) is 0 Å². The van der Waals surface area contributed by atoms with Crippen LogP contribution in [0.1, 0.15) is 28.8 Å². The minimum atomic E-state index is -0.875. The second-order valence-corrected chi connectivity index (χ2v) is 6.00. The number of hydrogen-bond acceptors (Lipinski definition) is 3. The van der Waals surface area contributed by atoms with Crippen molar-refractivity contribution in [1.82, 2.24) is 5.32 Å². The summed E-state index contributed by atoms with van der Waals surface area (Å²) in [5.74, 6) is -1.69. The van der Waals surface area contributed by atoms with Crippen molar-refractivity contribution in [3.05, 3.63) is 34.3 Å². The standard InChI is InChI=1S/C16H20ClNO4/c1-10-8-12(17)2-3-13(10)15(19)18-9-14(16(20)21)11-4-6-22-7-5-11/h2-3,8,11,14H,4-7,9H2,1H3,(H,18,19)(H,20,21). The molecule has 1 amide bonds. The van der Waals surface area contributed by atoms with E-state index >= 15 is 0 Å². The lowest BCUT2D eigenvalue weighted by molar-refractivity contribution is -0.144. The molecule has 1 aliphatic heterocycles. The molecule has 5 nitrogen and oxygen atoms in total. The number of amides is 1. The Morgan fingerprint density at radius 1 is 1.41 bits per heavy atom. The molecule has 0 saturated carbocycles. The molecule has 1 unspecified atom stereocenters. The summed E-state index contributed by atoms with van der Waals surface area (Å²) in [6.45, 7) is 3.09. The normalized spacial score (nSPS) is 17.0. The number of ether oxygens (including phenoxy) is 1. The van der Waals surface area contributed by atoms with E-state index in [9.17, 15) is 14.7 Å². The molecular weight excluding hydrogens is 306 g/mol. The highest BCUT2D eigenvalue weighted by Crippen LogP contribution is 2.24. The van der Waals surface area contributed by atoms with Gasteiger partial charge in [0.25, 0.3) is 5.91 Å². The minimum Gasteiger partial charge on any atom is -0.481 e. The molecule has 22 heavy (non-hydrogen) atoms. The fraction of sp³-hybridized carbons (Fsp3) is 0.500. The van der Waals surface area contributed by atoms with Crippen LogP contribution in [0.15, 0.2) is 18.2 Å². The van der Waals surface area contributed by atoms with Crippen molar-refractivity contribution in [3.8, 4) is 0 Å². The van der Waals surface area contributed by atoms with Crippen LogP contribution in [0.2, 0.25) is 5.02 Å². The van der Waals surface area contributed by atoms with Gasteiger partial charge in [-0.2, -0.15) is 0 Å². The summed E-state index contributed by atoms with van der Waals surface area (Å²) in [4.78, 5) is 23.7. The summed E-state index contributed by atoms with van der Waals surface area (Å²) in [5.41, 5.74) is 1.28. The molecular formula is C16H20ClNO4. The summed E-state index contributed by atoms with van der Waals surface area (Å²) in [6.07, 6.45) is 1.43. The van der Waals surface area contributed by atoms with Crippen LogP contribution in [0.5, 0.6) is 0 Å². The van der Waals surface area contributed by atoms with Crippen molar-refractivity contribution in [1.29, 1.82) is 0 Å². The van der Waals surface area contributed by atoms with E-state index in [1.165, 1.54) is 0 Å². The monoisotopic (exact) mass is 325 g/mol. The molecule has 0 spiro atoms. The highest BCUT2D eigenvalue weighted by Gasteiger charge is 2.30. The third-order valence-corrected chi connectivity index (χ3v) is 4.30. The smallest absolute Gasteiger partial charge is 0.308 e. The molecule has 2 N–H and O–H groups in total. The van der Waals surface area contributed by atoms with E-state index in [0.29, 0.717) is 36.6 Å². The van der Waals surface area contributed by atoms with E-state index in [1.807, 2.05) is 0 Å². The molecule has 1 fully saturated rings. The van der Waals surface area contributed by atoms with E-state index in [-0.39, 0.29) is 18.4 Å². The maximum absolute atomic E-state index is 12.2. The Morgan fingerprint density at radius 2 is 2.09 bits per heavy atom. The van der Waals surface area contributed by atoms with Crippen molar-refractivity contribution in [2.45, 2.75) is 19.8 Å². The maximum atomic E-state index is 12.2. The molecule has 1 heterocycles. The zero-order valence-electron chi connectivity index (χ0n) is 12.5. The topological polar surface area (TPSA) is 75.6 Å². The summed E-state index contributed by atoms with van der Waals surface area (Å²) < 4.78 is 5.26. The number of carbonyl (C=O) groups excluding carboxylic acids is 1. The molecule has 1 atom stereocenters. The lowest BCUT2D eigenvalue weighted by atomic mass is 9.86. The molecule has 0 aliphatic carbocycles. The number of nitrogens with one attached hydrogen (secondary N) is 1. The molecule has 0 bridgehead atoms. The van der Waals surface area contributed by atoms with Gasteiger partial charge in [-0.05, 0) is 49.4 Å². The highest BCUT2D eigenvalue weighted by atomic mass is 35.5. The Bertz CT molecular complexity index is 555. The van der Waals surface area contributed by atoms with E-state index in [4.69, 9.17) is 16.3 Å². The van der Waals surface area contributed by atoms with Gasteiger partial charge in [0.1, 0.15) is 0 Å². The molecule has 1 aromatic carbocycles. The second kappa shape index (κ2) is 7.61. The molecule has 0 aromatic heterocycles. The van der Waals surface area contributed by atoms with Gasteiger partial charge in [-0.3, -0.25) is 9.59 Å². The summed E-state index contributed by atoms with van der Waals surface area (Å²) in [6, 6.07) is 5.01. The number of halogens is 1. The predicted octanol–water partition coefficient (Wildman–Crippen LogP) is 2.51. The van der Waals surface area contributed by atoms with Crippen LogP contribution in [0.3, 0.4) is 0 Å². The first-order valence-electron chi connectivity index (χ1n) is 7.34. The van der Waals surface area contributed by atoms with Crippen LogP contribution in [-0.4, -0.2) is 36.7 Å². The predicted molar refractivity (Wildman–Crippen MR) is 83.2 cm³/mol. The third-order valence-electron chi connectivity index (χ3n) is 4.07. The number of carboxylic acid groups (broad SMARTS) is 1. The number of carboxylic acids is 1.